The Morgan fingerprint density at radius 1 is 0.886 bits per heavy atom. The molecule has 2 heterocycles. The average molecular weight is 643 g/mol. The highest BCUT2D eigenvalue weighted by Crippen LogP contribution is 2.42. The first-order valence-electron chi connectivity index (χ1n) is 14.8. The van der Waals surface area contributed by atoms with E-state index >= 15 is 0 Å². The molecular weight excluding hydrogens is 601 g/mol. The Balaban J connectivity index is 0.00000442. The Hall–Kier alpha value is -3.46. The predicted octanol–water partition coefficient (Wildman–Crippen LogP) is 5.40. The van der Waals surface area contributed by atoms with Gasteiger partial charge in [0, 0.05) is 35.6 Å². The number of hydrogen-bond donors (Lipinski definition) is 2. The summed E-state index contributed by atoms with van der Waals surface area (Å²) in [5.74, 6) is 1.24. The van der Waals surface area contributed by atoms with Crippen LogP contribution in [0.2, 0.25) is 5.02 Å². The van der Waals surface area contributed by atoms with E-state index in [0.717, 1.165) is 43.5 Å². The monoisotopic (exact) mass is 641 g/mol. The minimum atomic E-state index is -0.556. The number of likely N-dealkylation sites (tertiary alicyclic amines) is 1. The van der Waals surface area contributed by atoms with Gasteiger partial charge in [0.2, 0.25) is 11.7 Å². The molecule has 2 fully saturated rings. The Kier molecular flexibility index (Phi) is 11.1. The lowest BCUT2D eigenvalue weighted by atomic mass is 9.72. The zero-order valence-corrected chi connectivity index (χ0v) is 27.1. The summed E-state index contributed by atoms with van der Waals surface area (Å²) in [6.45, 7) is 3.14. The second kappa shape index (κ2) is 14.5. The number of amides is 2. The lowest BCUT2D eigenvalue weighted by Gasteiger charge is -2.37. The molecule has 3 aromatic carbocycles. The molecule has 2 amide bonds. The van der Waals surface area contributed by atoms with Crippen molar-refractivity contribution < 1.29 is 23.8 Å². The number of hydrogen-bond acceptors (Lipinski definition) is 6. The molecule has 0 radical (unpaired) electrons. The van der Waals surface area contributed by atoms with E-state index in [1.54, 1.807) is 12.1 Å². The Bertz CT molecular complexity index is 1420. The molecule has 5 rings (SSSR count). The van der Waals surface area contributed by atoms with Gasteiger partial charge in [0.1, 0.15) is 0 Å². The number of carbonyl (C=O) groups excluding carboxylic acids is 2. The number of halogens is 2. The molecule has 10 heteroatoms. The van der Waals surface area contributed by atoms with E-state index < -0.39 is 5.41 Å². The van der Waals surface area contributed by atoms with E-state index in [0.29, 0.717) is 53.9 Å². The van der Waals surface area contributed by atoms with Crippen LogP contribution >= 0.6 is 24.0 Å². The van der Waals surface area contributed by atoms with Gasteiger partial charge in [-0.25, -0.2) is 0 Å². The summed E-state index contributed by atoms with van der Waals surface area (Å²) in [6, 6.07) is 21.3. The molecule has 3 aromatic rings. The molecule has 2 N–H and O–H groups in total. The van der Waals surface area contributed by atoms with Crippen molar-refractivity contribution in [3.05, 3.63) is 88.4 Å². The van der Waals surface area contributed by atoms with Crippen LogP contribution in [0.5, 0.6) is 17.2 Å². The second-order valence-electron chi connectivity index (χ2n) is 11.4. The number of rotatable bonds is 10. The van der Waals surface area contributed by atoms with E-state index in [2.05, 4.69) is 28.8 Å². The fourth-order valence-electron chi connectivity index (χ4n) is 6.68. The van der Waals surface area contributed by atoms with Crippen LogP contribution in [0.25, 0.3) is 0 Å². The standard InChI is InChI=1S/C34H40ClN3O5.ClH/c1-41-28-20-24(21-29(42-2)30(28)43-3)31(39)38-19-15-33(23-38,26-10-7-11-27(35)22-26)12-18-37-32(40)34(13-16-36-17-14-34)25-8-5-4-6-9-25;/h4-11,20-22,36H,12-19,23H2,1-3H3,(H,37,40);1H. The van der Waals surface area contributed by atoms with Crippen LogP contribution in [-0.4, -0.2) is 70.8 Å². The summed E-state index contributed by atoms with van der Waals surface area (Å²) in [4.78, 5) is 29.6. The summed E-state index contributed by atoms with van der Waals surface area (Å²) >= 11 is 6.45. The molecule has 0 aliphatic carbocycles. The highest BCUT2D eigenvalue weighted by Gasteiger charge is 2.44. The zero-order valence-electron chi connectivity index (χ0n) is 25.5. The van der Waals surface area contributed by atoms with Crippen molar-refractivity contribution in [1.29, 1.82) is 0 Å². The van der Waals surface area contributed by atoms with Gasteiger partial charge >= 0.3 is 0 Å². The van der Waals surface area contributed by atoms with Crippen LogP contribution in [0.1, 0.15) is 47.2 Å². The van der Waals surface area contributed by atoms with Crippen LogP contribution < -0.4 is 24.8 Å². The fourth-order valence-corrected chi connectivity index (χ4v) is 6.87. The largest absolute Gasteiger partial charge is 0.493 e. The normalized spacial score (nSPS) is 19.0. The minimum Gasteiger partial charge on any atom is -0.493 e. The van der Waals surface area contributed by atoms with Crippen molar-refractivity contribution in [2.45, 2.75) is 36.5 Å². The summed E-state index contributed by atoms with van der Waals surface area (Å²) < 4.78 is 16.4. The summed E-state index contributed by atoms with van der Waals surface area (Å²) in [7, 11) is 4.60. The van der Waals surface area contributed by atoms with Gasteiger partial charge in [0.25, 0.3) is 5.91 Å². The SMILES string of the molecule is COc1cc(C(=O)N2CCC(CCNC(=O)C3(c4ccccc4)CCNCC3)(c3cccc(Cl)c3)C2)cc(OC)c1OC.Cl. The molecule has 2 aliphatic heterocycles. The summed E-state index contributed by atoms with van der Waals surface area (Å²) in [5, 5.41) is 7.34. The van der Waals surface area contributed by atoms with Crippen molar-refractivity contribution >= 4 is 35.8 Å². The summed E-state index contributed by atoms with van der Waals surface area (Å²) in [5.41, 5.74) is 1.65. The van der Waals surface area contributed by atoms with Crippen molar-refractivity contribution in [1.82, 2.24) is 15.5 Å². The third-order valence-electron chi connectivity index (χ3n) is 9.10. The Morgan fingerprint density at radius 3 is 2.16 bits per heavy atom. The molecule has 0 spiro atoms. The van der Waals surface area contributed by atoms with Gasteiger partial charge < -0.3 is 29.7 Å². The quantitative estimate of drug-likeness (QED) is 0.308. The topological polar surface area (TPSA) is 89.1 Å². The third kappa shape index (κ3) is 6.63. The smallest absolute Gasteiger partial charge is 0.254 e. The van der Waals surface area contributed by atoms with Crippen LogP contribution in [0.3, 0.4) is 0 Å². The summed E-state index contributed by atoms with van der Waals surface area (Å²) in [6.07, 6.45) is 2.91. The molecule has 2 saturated heterocycles. The predicted molar refractivity (Wildman–Crippen MR) is 175 cm³/mol. The molecule has 236 valence electrons. The highest BCUT2D eigenvalue weighted by molar-refractivity contribution is 6.30. The van der Waals surface area contributed by atoms with E-state index in [4.69, 9.17) is 25.8 Å². The van der Waals surface area contributed by atoms with Crippen molar-refractivity contribution in [3.63, 3.8) is 0 Å². The molecular formula is C34H41Cl2N3O5. The Labute approximate surface area is 270 Å². The highest BCUT2D eigenvalue weighted by atomic mass is 35.5. The minimum absolute atomic E-state index is 0. The van der Waals surface area contributed by atoms with Crippen molar-refractivity contribution in [2.75, 3.05) is 54.1 Å². The maximum absolute atomic E-state index is 13.9. The third-order valence-corrected chi connectivity index (χ3v) is 9.33. The van der Waals surface area contributed by atoms with Gasteiger partial charge in [-0.2, -0.15) is 0 Å². The first-order chi connectivity index (χ1) is 20.9. The van der Waals surface area contributed by atoms with Gasteiger partial charge in [0.15, 0.2) is 11.5 Å². The number of nitrogens with one attached hydrogen (secondary N) is 2. The number of benzene rings is 3. The average Bonchev–Trinajstić information content (AvgIpc) is 3.49. The van der Waals surface area contributed by atoms with Crippen molar-refractivity contribution in [3.8, 4) is 17.2 Å². The van der Waals surface area contributed by atoms with Gasteiger partial charge in [-0.05, 0) is 74.2 Å². The van der Waals surface area contributed by atoms with Gasteiger partial charge in [0.05, 0.1) is 26.7 Å². The van der Waals surface area contributed by atoms with E-state index in [1.165, 1.54) is 21.3 Å². The van der Waals surface area contributed by atoms with E-state index in [9.17, 15) is 9.59 Å². The van der Waals surface area contributed by atoms with Gasteiger partial charge in [-0.1, -0.05) is 54.1 Å². The lowest BCUT2D eigenvalue weighted by molar-refractivity contribution is -0.127. The molecule has 0 saturated carbocycles. The van der Waals surface area contributed by atoms with E-state index in [1.807, 2.05) is 41.3 Å². The number of piperidine rings is 1. The number of carbonyl (C=O) groups is 2. The van der Waals surface area contributed by atoms with Crippen LogP contribution in [0, 0.1) is 0 Å². The lowest BCUT2D eigenvalue weighted by Crippen LogP contribution is -2.51. The molecule has 44 heavy (non-hydrogen) atoms. The maximum Gasteiger partial charge on any atom is 0.254 e. The molecule has 0 aromatic heterocycles. The van der Waals surface area contributed by atoms with Gasteiger partial charge in [-0.15, -0.1) is 12.4 Å². The van der Waals surface area contributed by atoms with E-state index in [-0.39, 0.29) is 29.6 Å². The number of ether oxygens (including phenoxy) is 3. The Morgan fingerprint density at radius 2 is 1.55 bits per heavy atom. The molecule has 2 aliphatic rings. The first-order valence-corrected chi connectivity index (χ1v) is 15.1. The zero-order chi connectivity index (χ0) is 30.5. The molecule has 0 bridgehead atoms. The molecule has 1 unspecified atom stereocenters. The van der Waals surface area contributed by atoms with Crippen LogP contribution in [0.15, 0.2) is 66.7 Å². The molecule has 1 atom stereocenters. The molecule has 8 nitrogen and oxygen atoms in total. The van der Waals surface area contributed by atoms with Gasteiger partial charge in [-0.3, -0.25) is 9.59 Å². The number of nitrogens with zero attached hydrogens (tertiary/aromatic N) is 1. The van der Waals surface area contributed by atoms with Crippen LogP contribution in [0.4, 0.5) is 0 Å². The number of methoxy groups -OCH3 is 3. The second-order valence-corrected chi connectivity index (χ2v) is 11.8. The first kappa shape index (κ1) is 33.4. The maximum atomic E-state index is 13.9. The fraction of sp³-hybridized carbons (Fsp3) is 0.412. The van der Waals surface area contributed by atoms with Crippen molar-refractivity contribution in [2.24, 2.45) is 0 Å². The van der Waals surface area contributed by atoms with Crippen LogP contribution in [-0.2, 0) is 15.6 Å².